The van der Waals surface area contributed by atoms with Crippen LogP contribution in [0.2, 0.25) is 0 Å². The summed E-state index contributed by atoms with van der Waals surface area (Å²) in [5.74, 6) is -1.19. The molecule has 1 aliphatic rings. The molecule has 0 aliphatic heterocycles. The lowest BCUT2D eigenvalue weighted by molar-refractivity contribution is -0.111. The third kappa shape index (κ3) is 1.96. The lowest BCUT2D eigenvalue weighted by Gasteiger charge is -2.16. The number of hydrogen-bond donors (Lipinski definition) is 1. The average molecular weight is 244 g/mol. The summed E-state index contributed by atoms with van der Waals surface area (Å²) in [7, 11) is 0. The van der Waals surface area contributed by atoms with Crippen LogP contribution in [0.4, 0.5) is 0 Å². The molecule has 0 saturated heterocycles. The molecule has 1 aromatic rings. The number of rotatable bonds is 3. The van der Waals surface area contributed by atoms with Crippen LogP contribution in [0.3, 0.4) is 0 Å². The Kier molecular flexibility index (Phi) is 3.32. The number of aliphatic hydroxyl groups excluding tert-OH is 1. The largest absolute Gasteiger partial charge is 0.507 e. The molecular weight excluding hydrogens is 228 g/mol. The molecule has 94 valence electrons. The molecule has 0 radical (unpaired) electrons. The molecule has 0 heterocycles. The molecule has 0 saturated carbocycles. The lowest BCUT2D eigenvalue weighted by atomic mass is 9.87. The maximum atomic E-state index is 11.9. The molecule has 0 amide bonds. The van der Waals surface area contributed by atoms with Crippen molar-refractivity contribution in [1.82, 2.24) is 0 Å². The summed E-state index contributed by atoms with van der Waals surface area (Å²) in [5, 5.41) is 9.89. The van der Waals surface area contributed by atoms with Crippen molar-refractivity contribution in [3.63, 3.8) is 0 Å². The van der Waals surface area contributed by atoms with E-state index in [0.29, 0.717) is 11.1 Å². The molecule has 3 heteroatoms. The maximum absolute atomic E-state index is 11.9. The molecule has 1 N–H and O–H groups in total. The predicted octanol–water partition coefficient (Wildman–Crippen LogP) is 3.08. The van der Waals surface area contributed by atoms with Crippen LogP contribution in [-0.4, -0.2) is 16.7 Å². The van der Waals surface area contributed by atoms with Gasteiger partial charge in [0.2, 0.25) is 11.6 Å². The first-order chi connectivity index (χ1) is 8.56. The van der Waals surface area contributed by atoms with Crippen molar-refractivity contribution in [2.24, 2.45) is 0 Å². The van der Waals surface area contributed by atoms with Gasteiger partial charge in [-0.15, -0.1) is 0 Å². The van der Waals surface area contributed by atoms with Crippen molar-refractivity contribution in [2.75, 3.05) is 0 Å². The standard InChI is InChI=1S/C15H16O3/c1-3-4-5-10-6-7-11-12(8-10)15(18)14(17)9(2)13(11)16/h6-8,16H,3-5H2,1-2H3. The summed E-state index contributed by atoms with van der Waals surface area (Å²) < 4.78 is 0. The van der Waals surface area contributed by atoms with Gasteiger partial charge >= 0.3 is 0 Å². The number of aliphatic hydroxyl groups is 1. The molecule has 0 aromatic heterocycles. The number of hydrogen-bond acceptors (Lipinski definition) is 3. The highest BCUT2D eigenvalue weighted by molar-refractivity contribution is 6.52. The number of Topliss-reactive ketones (excluding diaryl/α,β-unsaturated/α-hetero) is 2. The third-order valence-electron chi connectivity index (χ3n) is 3.30. The first kappa shape index (κ1) is 12.6. The highest BCUT2D eigenvalue weighted by Gasteiger charge is 2.30. The summed E-state index contributed by atoms with van der Waals surface area (Å²) in [6.07, 6.45) is 3.00. The van der Waals surface area contributed by atoms with Crippen LogP contribution in [0.5, 0.6) is 0 Å². The molecular formula is C15H16O3. The molecule has 2 rings (SSSR count). The van der Waals surface area contributed by atoms with Crippen LogP contribution in [-0.2, 0) is 11.2 Å². The second kappa shape index (κ2) is 4.77. The van der Waals surface area contributed by atoms with Gasteiger partial charge in [-0.1, -0.05) is 25.5 Å². The van der Waals surface area contributed by atoms with Crippen LogP contribution in [0, 0.1) is 0 Å². The van der Waals surface area contributed by atoms with Crippen LogP contribution < -0.4 is 0 Å². The van der Waals surface area contributed by atoms with E-state index >= 15 is 0 Å². The molecule has 0 spiro atoms. The fraction of sp³-hybridized carbons (Fsp3) is 0.333. The van der Waals surface area contributed by atoms with E-state index in [1.165, 1.54) is 6.92 Å². The Hall–Kier alpha value is -1.90. The normalized spacial score (nSPS) is 15.0. The zero-order valence-electron chi connectivity index (χ0n) is 10.6. The first-order valence-electron chi connectivity index (χ1n) is 6.18. The Morgan fingerprint density at radius 3 is 2.50 bits per heavy atom. The van der Waals surface area contributed by atoms with Crippen molar-refractivity contribution >= 4 is 17.3 Å². The van der Waals surface area contributed by atoms with Crippen LogP contribution in [0.25, 0.3) is 5.76 Å². The van der Waals surface area contributed by atoms with Crippen LogP contribution >= 0.6 is 0 Å². The zero-order valence-corrected chi connectivity index (χ0v) is 10.6. The SMILES string of the molecule is CCCCc1ccc2c(c1)C(=O)C(=O)C(C)=C2O. The van der Waals surface area contributed by atoms with E-state index in [-0.39, 0.29) is 11.3 Å². The second-order valence-electron chi connectivity index (χ2n) is 4.62. The monoisotopic (exact) mass is 244 g/mol. The molecule has 18 heavy (non-hydrogen) atoms. The van der Waals surface area contributed by atoms with Crippen molar-refractivity contribution in [2.45, 2.75) is 33.1 Å². The summed E-state index contributed by atoms with van der Waals surface area (Å²) in [5.41, 5.74) is 1.96. The highest BCUT2D eigenvalue weighted by Crippen LogP contribution is 2.28. The van der Waals surface area contributed by atoms with Gasteiger partial charge in [-0.05, 0) is 31.4 Å². The topological polar surface area (TPSA) is 54.4 Å². The van der Waals surface area contributed by atoms with Crippen molar-refractivity contribution < 1.29 is 14.7 Å². The van der Waals surface area contributed by atoms with E-state index in [0.717, 1.165) is 24.8 Å². The number of benzene rings is 1. The summed E-state index contributed by atoms with van der Waals surface area (Å²) in [4.78, 5) is 23.6. The fourth-order valence-electron chi connectivity index (χ4n) is 2.12. The molecule has 1 aliphatic carbocycles. The zero-order chi connectivity index (χ0) is 13.3. The van der Waals surface area contributed by atoms with E-state index in [9.17, 15) is 14.7 Å². The minimum Gasteiger partial charge on any atom is -0.507 e. The summed E-state index contributed by atoms with van der Waals surface area (Å²) >= 11 is 0. The highest BCUT2D eigenvalue weighted by atomic mass is 16.3. The van der Waals surface area contributed by atoms with E-state index < -0.39 is 11.6 Å². The van der Waals surface area contributed by atoms with Crippen molar-refractivity contribution in [1.29, 1.82) is 0 Å². The average Bonchev–Trinajstić information content (AvgIpc) is 2.40. The molecule has 3 nitrogen and oxygen atoms in total. The lowest BCUT2D eigenvalue weighted by Crippen LogP contribution is -2.22. The second-order valence-corrected chi connectivity index (χ2v) is 4.62. The number of fused-ring (bicyclic) bond motifs is 1. The van der Waals surface area contributed by atoms with Gasteiger partial charge < -0.3 is 5.11 Å². The van der Waals surface area contributed by atoms with Gasteiger partial charge in [0.25, 0.3) is 0 Å². The number of carbonyl (C=O) groups excluding carboxylic acids is 2. The smallest absolute Gasteiger partial charge is 0.234 e. The number of aryl methyl sites for hydroxylation is 1. The van der Waals surface area contributed by atoms with Gasteiger partial charge in [0.1, 0.15) is 5.76 Å². The van der Waals surface area contributed by atoms with E-state index in [4.69, 9.17) is 0 Å². The van der Waals surface area contributed by atoms with Crippen LogP contribution in [0.1, 0.15) is 48.2 Å². The first-order valence-corrected chi connectivity index (χ1v) is 6.18. The number of carbonyl (C=O) groups is 2. The van der Waals surface area contributed by atoms with E-state index in [2.05, 4.69) is 6.92 Å². The van der Waals surface area contributed by atoms with Gasteiger partial charge in [0, 0.05) is 16.7 Å². The van der Waals surface area contributed by atoms with Crippen molar-refractivity contribution in [3.05, 3.63) is 40.5 Å². The number of ketones is 2. The Labute approximate surface area is 106 Å². The van der Waals surface area contributed by atoms with Crippen molar-refractivity contribution in [3.8, 4) is 0 Å². The van der Waals surface area contributed by atoms with Gasteiger partial charge in [-0.2, -0.15) is 0 Å². The maximum Gasteiger partial charge on any atom is 0.234 e. The van der Waals surface area contributed by atoms with E-state index in [1.54, 1.807) is 12.1 Å². The Balaban J connectivity index is 2.48. The minimum absolute atomic E-state index is 0.0726. The molecule has 0 unspecified atom stereocenters. The van der Waals surface area contributed by atoms with Crippen LogP contribution in [0.15, 0.2) is 23.8 Å². The minimum atomic E-state index is -0.604. The third-order valence-corrected chi connectivity index (χ3v) is 3.30. The summed E-state index contributed by atoms with van der Waals surface area (Å²) in [6, 6.07) is 5.36. The Morgan fingerprint density at radius 2 is 1.83 bits per heavy atom. The Morgan fingerprint density at radius 1 is 1.11 bits per heavy atom. The number of allylic oxidation sites excluding steroid dienone is 1. The Bertz CT molecular complexity index is 553. The van der Waals surface area contributed by atoms with Gasteiger partial charge in [-0.3, -0.25) is 9.59 Å². The molecule has 0 fully saturated rings. The van der Waals surface area contributed by atoms with Gasteiger partial charge in [-0.25, -0.2) is 0 Å². The molecule has 0 atom stereocenters. The van der Waals surface area contributed by atoms with Gasteiger partial charge in [0.05, 0.1) is 0 Å². The molecule has 0 bridgehead atoms. The fourth-order valence-corrected chi connectivity index (χ4v) is 2.12. The molecule has 1 aromatic carbocycles. The quantitative estimate of drug-likeness (QED) is 0.831. The van der Waals surface area contributed by atoms with E-state index in [1.807, 2.05) is 6.07 Å². The number of unbranched alkanes of at least 4 members (excludes halogenated alkanes) is 1. The van der Waals surface area contributed by atoms with Gasteiger partial charge in [0.15, 0.2) is 0 Å². The summed E-state index contributed by atoms with van der Waals surface area (Å²) in [6.45, 7) is 3.58. The predicted molar refractivity (Wildman–Crippen MR) is 69.6 cm³/mol.